The van der Waals surface area contributed by atoms with E-state index in [1.807, 2.05) is 6.07 Å². The molecule has 1 heterocycles. The summed E-state index contributed by atoms with van der Waals surface area (Å²) in [5.74, 6) is 0.785. The first kappa shape index (κ1) is 20.9. The number of para-hydroxylation sites is 1. The first-order valence-corrected chi connectivity index (χ1v) is 10.9. The zero-order valence-corrected chi connectivity index (χ0v) is 18.2. The van der Waals surface area contributed by atoms with Gasteiger partial charge in [0.05, 0.1) is 18.4 Å². The van der Waals surface area contributed by atoms with Crippen LogP contribution in [0.25, 0.3) is 0 Å². The Bertz CT molecular complexity index is 1200. The molecule has 5 rings (SSSR count). The van der Waals surface area contributed by atoms with Crippen LogP contribution in [0.2, 0.25) is 0 Å². The molecule has 7 heteroatoms. The normalized spacial score (nSPS) is 15.3. The molecule has 0 aromatic heterocycles. The van der Waals surface area contributed by atoms with Gasteiger partial charge in [0.15, 0.2) is 11.5 Å². The molecule has 0 saturated heterocycles. The molecule has 2 N–H and O–H groups in total. The molecule has 33 heavy (non-hydrogen) atoms. The first-order valence-electron chi connectivity index (χ1n) is 10.9. The topological polar surface area (TPSA) is 85.9 Å². The molecule has 168 valence electrons. The van der Waals surface area contributed by atoms with Crippen LogP contribution in [0.3, 0.4) is 0 Å². The number of rotatable bonds is 5. The number of anilines is 2. The second-order valence-electron chi connectivity index (χ2n) is 8.17. The third-order valence-electron chi connectivity index (χ3n) is 5.93. The maximum absolute atomic E-state index is 13.0. The SMILES string of the molecule is COc1ccc(C(=O)Nc2ccccc2C(=O)Nc2ccc3c(c2)OC2(CCCC2)O3)cc1. The molecule has 1 spiro atoms. The molecule has 3 aromatic rings. The Labute approximate surface area is 191 Å². The van der Waals surface area contributed by atoms with E-state index < -0.39 is 5.79 Å². The van der Waals surface area contributed by atoms with Crippen molar-refractivity contribution in [1.82, 2.24) is 0 Å². The van der Waals surface area contributed by atoms with Crippen LogP contribution < -0.4 is 24.8 Å². The fourth-order valence-electron chi connectivity index (χ4n) is 4.21. The molecule has 1 fully saturated rings. The van der Waals surface area contributed by atoms with Gasteiger partial charge in [-0.25, -0.2) is 0 Å². The molecule has 2 aliphatic rings. The average Bonchev–Trinajstić information content (AvgIpc) is 3.44. The van der Waals surface area contributed by atoms with Gasteiger partial charge >= 0.3 is 0 Å². The molecular weight excluding hydrogens is 420 g/mol. The highest BCUT2D eigenvalue weighted by molar-refractivity contribution is 6.12. The standard InChI is InChI=1S/C26H24N2O5/c1-31-19-11-8-17(9-12-19)24(29)28-21-7-3-2-6-20(21)25(30)27-18-10-13-22-23(16-18)33-26(32-22)14-4-5-15-26/h2-3,6-13,16H,4-5,14-15H2,1H3,(H,27,30)(H,28,29). The number of nitrogens with one attached hydrogen (secondary N) is 2. The lowest BCUT2D eigenvalue weighted by Gasteiger charge is -2.21. The van der Waals surface area contributed by atoms with Gasteiger partial charge in [0.1, 0.15) is 5.75 Å². The van der Waals surface area contributed by atoms with Crippen molar-refractivity contribution in [3.63, 3.8) is 0 Å². The van der Waals surface area contributed by atoms with E-state index in [0.717, 1.165) is 25.7 Å². The van der Waals surface area contributed by atoms with E-state index in [1.54, 1.807) is 67.8 Å². The van der Waals surface area contributed by atoms with Crippen LogP contribution in [0.15, 0.2) is 66.7 Å². The van der Waals surface area contributed by atoms with E-state index in [2.05, 4.69) is 10.6 Å². The number of amides is 2. The van der Waals surface area contributed by atoms with Gasteiger partial charge in [-0.1, -0.05) is 12.1 Å². The second kappa shape index (κ2) is 8.50. The summed E-state index contributed by atoms with van der Waals surface area (Å²) in [6, 6.07) is 19.0. The summed E-state index contributed by atoms with van der Waals surface area (Å²) >= 11 is 0. The van der Waals surface area contributed by atoms with Crippen molar-refractivity contribution < 1.29 is 23.8 Å². The third-order valence-corrected chi connectivity index (χ3v) is 5.93. The Balaban J connectivity index is 1.30. The molecule has 1 aliphatic carbocycles. The zero-order chi connectivity index (χ0) is 22.8. The quantitative estimate of drug-likeness (QED) is 0.562. The van der Waals surface area contributed by atoms with E-state index in [9.17, 15) is 9.59 Å². The van der Waals surface area contributed by atoms with Crippen LogP contribution in [0.1, 0.15) is 46.4 Å². The van der Waals surface area contributed by atoms with E-state index in [-0.39, 0.29) is 11.8 Å². The number of hydrogen-bond donors (Lipinski definition) is 2. The van der Waals surface area contributed by atoms with Gasteiger partial charge < -0.3 is 24.8 Å². The predicted molar refractivity (Wildman–Crippen MR) is 124 cm³/mol. The molecule has 0 atom stereocenters. The summed E-state index contributed by atoms with van der Waals surface area (Å²) < 4.78 is 17.2. The van der Waals surface area contributed by atoms with Crippen LogP contribution in [0, 0.1) is 0 Å². The van der Waals surface area contributed by atoms with E-state index in [1.165, 1.54) is 0 Å². The lowest BCUT2D eigenvalue weighted by molar-refractivity contribution is -0.0716. The van der Waals surface area contributed by atoms with Crippen LogP contribution in [-0.2, 0) is 0 Å². The summed E-state index contributed by atoms with van der Waals surface area (Å²) in [6.07, 6.45) is 3.89. The Kier molecular flexibility index (Phi) is 5.38. The number of carbonyl (C=O) groups excluding carboxylic acids is 2. The summed E-state index contributed by atoms with van der Waals surface area (Å²) in [5.41, 5.74) is 1.82. The minimum absolute atomic E-state index is 0.317. The van der Waals surface area contributed by atoms with Crippen molar-refractivity contribution in [2.45, 2.75) is 31.5 Å². The fraction of sp³-hybridized carbons (Fsp3) is 0.231. The maximum atomic E-state index is 13.0. The van der Waals surface area contributed by atoms with Crippen molar-refractivity contribution in [3.8, 4) is 17.2 Å². The van der Waals surface area contributed by atoms with Crippen molar-refractivity contribution in [2.75, 3.05) is 17.7 Å². The predicted octanol–water partition coefficient (Wildman–Crippen LogP) is 5.24. The summed E-state index contributed by atoms with van der Waals surface area (Å²) in [4.78, 5) is 25.7. The molecule has 0 unspecified atom stereocenters. The van der Waals surface area contributed by atoms with Gasteiger partial charge in [-0.3, -0.25) is 9.59 Å². The highest BCUT2D eigenvalue weighted by atomic mass is 16.7. The highest BCUT2D eigenvalue weighted by Crippen LogP contribution is 2.47. The Morgan fingerprint density at radius 1 is 0.848 bits per heavy atom. The van der Waals surface area contributed by atoms with Gasteiger partial charge in [-0.15, -0.1) is 0 Å². The highest BCUT2D eigenvalue weighted by Gasteiger charge is 2.44. The van der Waals surface area contributed by atoms with Crippen LogP contribution in [0.5, 0.6) is 17.2 Å². The molecule has 1 saturated carbocycles. The minimum Gasteiger partial charge on any atom is -0.497 e. The molecular formula is C26H24N2O5. The number of fused-ring (bicyclic) bond motifs is 1. The lowest BCUT2D eigenvalue weighted by Crippen LogP contribution is -2.34. The fourth-order valence-corrected chi connectivity index (χ4v) is 4.21. The summed E-state index contributed by atoms with van der Waals surface area (Å²) in [6.45, 7) is 0. The Morgan fingerprint density at radius 2 is 1.58 bits per heavy atom. The van der Waals surface area contributed by atoms with Crippen molar-refractivity contribution >= 4 is 23.2 Å². The average molecular weight is 444 g/mol. The smallest absolute Gasteiger partial charge is 0.257 e. The van der Waals surface area contributed by atoms with Gasteiger partial charge in [0.25, 0.3) is 17.6 Å². The number of ether oxygens (including phenoxy) is 3. The molecule has 0 radical (unpaired) electrons. The summed E-state index contributed by atoms with van der Waals surface area (Å²) in [7, 11) is 1.57. The number of carbonyl (C=O) groups is 2. The Hall–Kier alpha value is -4.00. The van der Waals surface area contributed by atoms with Gasteiger partial charge in [0, 0.05) is 30.2 Å². The van der Waals surface area contributed by atoms with Gasteiger partial charge in [0.2, 0.25) is 0 Å². The monoisotopic (exact) mass is 444 g/mol. The summed E-state index contributed by atoms with van der Waals surface area (Å²) in [5, 5.41) is 5.71. The largest absolute Gasteiger partial charge is 0.497 e. The molecule has 2 amide bonds. The van der Waals surface area contributed by atoms with Crippen molar-refractivity contribution in [3.05, 3.63) is 77.9 Å². The van der Waals surface area contributed by atoms with E-state index in [0.29, 0.717) is 39.8 Å². The van der Waals surface area contributed by atoms with Crippen LogP contribution in [-0.4, -0.2) is 24.7 Å². The molecule has 3 aromatic carbocycles. The lowest BCUT2D eigenvalue weighted by atomic mass is 10.1. The molecule has 7 nitrogen and oxygen atoms in total. The van der Waals surface area contributed by atoms with Gasteiger partial charge in [-0.2, -0.15) is 0 Å². The maximum Gasteiger partial charge on any atom is 0.257 e. The molecule has 1 aliphatic heterocycles. The minimum atomic E-state index is -0.552. The number of benzene rings is 3. The Morgan fingerprint density at radius 3 is 2.33 bits per heavy atom. The first-order chi connectivity index (χ1) is 16.0. The van der Waals surface area contributed by atoms with E-state index in [4.69, 9.17) is 14.2 Å². The zero-order valence-electron chi connectivity index (χ0n) is 18.2. The van der Waals surface area contributed by atoms with Crippen LogP contribution in [0.4, 0.5) is 11.4 Å². The van der Waals surface area contributed by atoms with E-state index >= 15 is 0 Å². The van der Waals surface area contributed by atoms with Gasteiger partial charge in [-0.05, 0) is 61.4 Å². The van der Waals surface area contributed by atoms with Crippen molar-refractivity contribution in [2.24, 2.45) is 0 Å². The number of methoxy groups -OCH3 is 1. The van der Waals surface area contributed by atoms with Crippen molar-refractivity contribution in [1.29, 1.82) is 0 Å². The van der Waals surface area contributed by atoms with Crippen LogP contribution >= 0.6 is 0 Å². The second-order valence-corrected chi connectivity index (χ2v) is 8.17. The number of hydrogen-bond acceptors (Lipinski definition) is 5. The third kappa shape index (κ3) is 4.22. The molecule has 0 bridgehead atoms.